The van der Waals surface area contributed by atoms with Crippen LogP contribution in [-0.4, -0.2) is 50.9 Å². The highest BCUT2D eigenvalue weighted by molar-refractivity contribution is 7.92. The standard InChI is InChI=1S/C31H35Cl2N3O5S/c1-22(31(38)34-26-8-4-3-5-9-26)35(20-23-11-13-24(32)14-12-23)30(37)21-36(27-10-6-7-25(33)19-27)42(39,40)29-17-15-28(41-2)16-18-29/h6-7,10-19,22,26H,3-5,8-9,20-21H2,1-2H3,(H,34,38)/t22-/m0/s1. The van der Waals surface area contributed by atoms with Crippen molar-refractivity contribution in [1.82, 2.24) is 10.2 Å². The summed E-state index contributed by atoms with van der Waals surface area (Å²) in [5, 5.41) is 3.95. The van der Waals surface area contributed by atoms with Gasteiger partial charge < -0.3 is 15.0 Å². The fraction of sp³-hybridized carbons (Fsp3) is 0.355. The first kappa shape index (κ1) is 31.7. The Bertz CT molecular complexity index is 1480. The Morgan fingerprint density at radius 1 is 0.952 bits per heavy atom. The summed E-state index contributed by atoms with van der Waals surface area (Å²) >= 11 is 12.3. The summed E-state index contributed by atoms with van der Waals surface area (Å²) in [7, 11) is -2.73. The Hall–Kier alpha value is -3.27. The fourth-order valence-corrected chi connectivity index (χ4v) is 6.69. The van der Waals surface area contributed by atoms with Crippen molar-refractivity contribution in [2.45, 2.75) is 62.6 Å². The fourth-order valence-electron chi connectivity index (χ4n) is 4.97. The minimum atomic E-state index is -4.22. The maximum atomic E-state index is 14.1. The van der Waals surface area contributed by atoms with E-state index in [0.717, 1.165) is 42.0 Å². The molecule has 1 N–H and O–H groups in total. The lowest BCUT2D eigenvalue weighted by molar-refractivity contribution is -0.139. The van der Waals surface area contributed by atoms with E-state index in [1.807, 2.05) is 0 Å². The molecule has 1 saturated carbocycles. The van der Waals surface area contributed by atoms with Gasteiger partial charge in [0, 0.05) is 22.6 Å². The molecule has 0 radical (unpaired) electrons. The van der Waals surface area contributed by atoms with Crippen LogP contribution in [0.2, 0.25) is 10.0 Å². The van der Waals surface area contributed by atoms with E-state index in [9.17, 15) is 18.0 Å². The summed E-state index contributed by atoms with van der Waals surface area (Å²) < 4.78 is 34.1. The number of sulfonamides is 1. The predicted molar refractivity (Wildman–Crippen MR) is 165 cm³/mol. The SMILES string of the molecule is COc1ccc(S(=O)(=O)N(CC(=O)N(Cc2ccc(Cl)cc2)[C@@H](C)C(=O)NC2CCCCC2)c2cccc(Cl)c2)cc1. The molecule has 3 aromatic carbocycles. The van der Waals surface area contributed by atoms with Gasteiger partial charge in [-0.25, -0.2) is 8.42 Å². The van der Waals surface area contributed by atoms with E-state index in [-0.39, 0.29) is 29.1 Å². The molecule has 0 spiro atoms. The number of amides is 2. The maximum Gasteiger partial charge on any atom is 0.264 e. The molecular weight excluding hydrogens is 597 g/mol. The van der Waals surface area contributed by atoms with Crippen LogP contribution in [0.15, 0.2) is 77.7 Å². The molecule has 1 aliphatic carbocycles. The van der Waals surface area contributed by atoms with Crippen molar-refractivity contribution in [2.24, 2.45) is 0 Å². The summed E-state index contributed by atoms with van der Waals surface area (Å²) in [4.78, 5) is 28.8. The molecule has 0 unspecified atom stereocenters. The van der Waals surface area contributed by atoms with Gasteiger partial charge in [-0.15, -0.1) is 0 Å². The quantitative estimate of drug-likeness (QED) is 0.277. The van der Waals surface area contributed by atoms with Gasteiger partial charge >= 0.3 is 0 Å². The lowest BCUT2D eigenvalue weighted by Gasteiger charge is -2.33. The van der Waals surface area contributed by atoms with Gasteiger partial charge in [-0.3, -0.25) is 13.9 Å². The average Bonchev–Trinajstić information content (AvgIpc) is 2.99. The second-order valence-corrected chi connectivity index (χ2v) is 13.1. The van der Waals surface area contributed by atoms with E-state index in [0.29, 0.717) is 15.8 Å². The Morgan fingerprint density at radius 3 is 2.24 bits per heavy atom. The van der Waals surface area contributed by atoms with Gasteiger partial charge in [-0.05, 0) is 79.9 Å². The first-order valence-electron chi connectivity index (χ1n) is 13.8. The summed E-state index contributed by atoms with van der Waals surface area (Å²) in [5.41, 5.74) is 0.967. The molecule has 11 heteroatoms. The van der Waals surface area contributed by atoms with E-state index < -0.39 is 28.5 Å². The van der Waals surface area contributed by atoms with E-state index in [4.69, 9.17) is 27.9 Å². The summed E-state index contributed by atoms with van der Waals surface area (Å²) in [6.07, 6.45) is 5.03. The van der Waals surface area contributed by atoms with Crippen LogP contribution in [0.5, 0.6) is 5.75 Å². The number of ether oxygens (including phenoxy) is 1. The van der Waals surface area contributed by atoms with Gasteiger partial charge in [0.05, 0.1) is 17.7 Å². The number of nitrogens with one attached hydrogen (secondary N) is 1. The van der Waals surface area contributed by atoms with Crippen LogP contribution in [0.1, 0.15) is 44.6 Å². The zero-order valence-electron chi connectivity index (χ0n) is 23.6. The number of methoxy groups -OCH3 is 1. The third-order valence-electron chi connectivity index (χ3n) is 7.41. The zero-order chi connectivity index (χ0) is 30.3. The number of carbonyl (C=O) groups excluding carboxylic acids is 2. The molecule has 0 aromatic heterocycles. The molecule has 2 amide bonds. The lowest BCUT2D eigenvalue weighted by Crippen LogP contribution is -2.53. The van der Waals surface area contributed by atoms with Crippen LogP contribution < -0.4 is 14.4 Å². The van der Waals surface area contributed by atoms with Crippen molar-refractivity contribution >= 4 is 50.7 Å². The minimum absolute atomic E-state index is 0.0246. The van der Waals surface area contributed by atoms with Gasteiger partial charge in [-0.1, -0.05) is 60.7 Å². The molecule has 224 valence electrons. The summed E-state index contributed by atoms with van der Waals surface area (Å²) in [6.45, 7) is 1.19. The first-order valence-corrected chi connectivity index (χ1v) is 16.0. The van der Waals surface area contributed by atoms with Gasteiger partial charge in [0.1, 0.15) is 18.3 Å². The third-order valence-corrected chi connectivity index (χ3v) is 9.68. The molecule has 3 aromatic rings. The molecular formula is C31H35Cl2N3O5S. The van der Waals surface area contributed by atoms with Crippen LogP contribution >= 0.6 is 23.2 Å². The lowest BCUT2D eigenvalue weighted by atomic mass is 9.95. The molecule has 4 rings (SSSR count). The van der Waals surface area contributed by atoms with E-state index in [2.05, 4.69) is 5.32 Å². The molecule has 8 nitrogen and oxygen atoms in total. The maximum absolute atomic E-state index is 14.1. The highest BCUT2D eigenvalue weighted by Gasteiger charge is 2.33. The van der Waals surface area contributed by atoms with E-state index in [1.165, 1.54) is 42.3 Å². The number of hydrogen-bond donors (Lipinski definition) is 1. The number of anilines is 1. The Balaban J connectivity index is 1.67. The Labute approximate surface area is 257 Å². The number of nitrogens with zero attached hydrogens (tertiary/aromatic N) is 2. The number of hydrogen-bond acceptors (Lipinski definition) is 5. The largest absolute Gasteiger partial charge is 0.497 e. The molecule has 1 atom stereocenters. The average molecular weight is 633 g/mol. The smallest absolute Gasteiger partial charge is 0.264 e. The highest BCUT2D eigenvalue weighted by atomic mass is 35.5. The molecule has 0 aliphatic heterocycles. The normalized spacial score (nSPS) is 14.6. The first-order chi connectivity index (χ1) is 20.1. The van der Waals surface area contributed by atoms with Crippen molar-refractivity contribution in [2.75, 3.05) is 18.0 Å². The van der Waals surface area contributed by atoms with Crippen molar-refractivity contribution in [3.05, 3.63) is 88.4 Å². The van der Waals surface area contributed by atoms with Gasteiger partial charge in [0.25, 0.3) is 10.0 Å². The van der Waals surface area contributed by atoms with Crippen molar-refractivity contribution < 1.29 is 22.7 Å². The van der Waals surface area contributed by atoms with Crippen molar-refractivity contribution in [3.8, 4) is 5.75 Å². The van der Waals surface area contributed by atoms with Crippen LogP contribution in [0.25, 0.3) is 0 Å². The minimum Gasteiger partial charge on any atom is -0.497 e. The van der Waals surface area contributed by atoms with Gasteiger partial charge in [-0.2, -0.15) is 0 Å². The Morgan fingerprint density at radius 2 is 1.62 bits per heavy atom. The molecule has 1 fully saturated rings. The number of carbonyl (C=O) groups is 2. The number of halogens is 2. The second-order valence-electron chi connectivity index (χ2n) is 10.3. The number of rotatable bonds is 11. The van der Waals surface area contributed by atoms with E-state index >= 15 is 0 Å². The second kappa shape index (κ2) is 14.3. The zero-order valence-corrected chi connectivity index (χ0v) is 26.0. The van der Waals surface area contributed by atoms with Gasteiger partial charge in [0.15, 0.2) is 0 Å². The van der Waals surface area contributed by atoms with Crippen molar-refractivity contribution in [3.63, 3.8) is 0 Å². The van der Waals surface area contributed by atoms with Crippen LogP contribution in [-0.2, 0) is 26.2 Å². The molecule has 0 heterocycles. The molecule has 0 saturated heterocycles. The van der Waals surface area contributed by atoms with Crippen molar-refractivity contribution in [1.29, 1.82) is 0 Å². The summed E-state index contributed by atoms with van der Waals surface area (Å²) in [6, 6.07) is 18.4. The number of benzene rings is 3. The monoisotopic (exact) mass is 631 g/mol. The predicted octanol–water partition coefficient (Wildman–Crippen LogP) is 6.06. The van der Waals surface area contributed by atoms with E-state index in [1.54, 1.807) is 49.4 Å². The molecule has 0 bridgehead atoms. The van der Waals surface area contributed by atoms with Crippen LogP contribution in [0, 0.1) is 0 Å². The highest BCUT2D eigenvalue weighted by Crippen LogP contribution is 2.28. The van der Waals surface area contributed by atoms with Crippen LogP contribution in [0.4, 0.5) is 5.69 Å². The molecule has 42 heavy (non-hydrogen) atoms. The summed E-state index contributed by atoms with van der Waals surface area (Å²) in [5.74, 6) is -0.337. The van der Waals surface area contributed by atoms with Gasteiger partial charge in [0.2, 0.25) is 11.8 Å². The topological polar surface area (TPSA) is 96.0 Å². The molecule has 1 aliphatic rings. The third kappa shape index (κ3) is 7.96. The Kier molecular flexibility index (Phi) is 10.8. The van der Waals surface area contributed by atoms with Crippen LogP contribution in [0.3, 0.4) is 0 Å².